The fraction of sp³-hybridized carbons (Fsp3) is 0.480. The van der Waals surface area contributed by atoms with Gasteiger partial charge in [-0.2, -0.15) is 0 Å². The largest absolute Gasteiger partial charge is 0.496 e. The van der Waals surface area contributed by atoms with Crippen LogP contribution in [0.15, 0.2) is 59.6 Å². The molecule has 2 unspecified atom stereocenters. The Morgan fingerprint density at radius 2 is 1.77 bits per heavy atom. The van der Waals surface area contributed by atoms with Crippen LogP contribution in [0.4, 0.5) is 0 Å². The molecule has 168 valence electrons. The third-order valence-electron chi connectivity index (χ3n) is 5.66. The van der Waals surface area contributed by atoms with Crippen molar-refractivity contribution in [2.24, 2.45) is 4.99 Å². The van der Waals surface area contributed by atoms with E-state index in [0.29, 0.717) is 13.0 Å². The van der Waals surface area contributed by atoms with E-state index >= 15 is 0 Å². The number of nitrogens with one attached hydrogen (secondary N) is 2. The molecule has 2 aromatic carbocycles. The molecule has 1 aliphatic heterocycles. The molecule has 2 aromatic rings. The zero-order valence-corrected chi connectivity index (χ0v) is 18.8. The lowest BCUT2D eigenvalue weighted by Crippen LogP contribution is -2.43. The molecule has 0 amide bonds. The third kappa shape index (κ3) is 6.97. The van der Waals surface area contributed by atoms with Crippen molar-refractivity contribution in [3.63, 3.8) is 0 Å². The van der Waals surface area contributed by atoms with Crippen molar-refractivity contribution >= 4 is 5.96 Å². The fourth-order valence-corrected chi connectivity index (χ4v) is 4.11. The van der Waals surface area contributed by atoms with Crippen LogP contribution in [-0.2, 0) is 6.42 Å². The summed E-state index contributed by atoms with van der Waals surface area (Å²) >= 11 is 0. The van der Waals surface area contributed by atoms with Crippen molar-refractivity contribution in [2.45, 2.75) is 38.3 Å². The highest BCUT2D eigenvalue weighted by Crippen LogP contribution is 2.31. The van der Waals surface area contributed by atoms with E-state index in [1.54, 1.807) is 7.11 Å². The van der Waals surface area contributed by atoms with Crippen molar-refractivity contribution in [1.29, 1.82) is 0 Å². The lowest BCUT2D eigenvalue weighted by atomic mass is 10.0. The lowest BCUT2D eigenvalue weighted by molar-refractivity contribution is 0.183. The summed E-state index contributed by atoms with van der Waals surface area (Å²) in [7, 11) is 1.73. The average Bonchev–Trinajstić information content (AvgIpc) is 3.33. The molecule has 6 nitrogen and oxygen atoms in total. The summed E-state index contributed by atoms with van der Waals surface area (Å²) in [6, 6.07) is 18.5. The van der Waals surface area contributed by atoms with Gasteiger partial charge >= 0.3 is 0 Å². The standard InChI is InChI=1S/C25H36N4O2/c1-3-26-25(27-18-21(30)17-20-11-5-4-6-12-20)28-19-23(29-15-9-10-16-29)22-13-7-8-14-24(22)31-2/h4-8,11-14,21,23,30H,3,9-10,15-19H2,1-2H3,(H2,26,27,28). The molecule has 0 bridgehead atoms. The van der Waals surface area contributed by atoms with Crippen molar-refractivity contribution < 1.29 is 9.84 Å². The molecular weight excluding hydrogens is 388 g/mol. The van der Waals surface area contributed by atoms with Crippen molar-refractivity contribution in [1.82, 2.24) is 15.5 Å². The van der Waals surface area contributed by atoms with Gasteiger partial charge in [-0.25, -0.2) is 0 Å². The predicted octanol–water partition coefficient (Wildman–Crippen LogP) is 2.99. The SMILES string of the molecule is CCNC(=NCC(O)Cc1ccccc1)NCC(c1ccccc1OC)N1CCCC1. The third-order valence-corrected chi connectivity index (χ3v) is 5.66. The van der Waals surface area contributed by atoms with Gasteiger partial charge in [0.05, 0.1) is 25.8 Å². The van der Waals surface area contributed by atoms with Crippen LogP contribution in [0.2, 0.25) is 0 Å². The van der Waals surface area contributed by atoms with Gasteiger partial charge in [-0.05, 0) is 44.5 Å². The zero-order chi connectivity index (χ0) is 21.9. The maximum Gasteiger partial charge on any atom is 0.191 e. The van der Waals surface area contributed by atoms with Gasteiger partial charge in [0.1, 0.15) is 5.75 Å². The minimum atomic E-state index is -0.513. The average molecular weight is 425 g/mol. The summed E-state index contributed by atoms with van der Waals surface area (Å²) in [5.74, 6) is 1.65. The molecule has 1 saturated heterocycles. The van der Waals surface area contributed by atoms with Crippen LogP contribution in [0.25, 0.3) is 0 Å². The Balaban J connectivity index is 1.66. The number of para-hydroxylation sites is 1. The van der Waals surface area contributed by atoms with Crippen LogP contribution in [0.3, 0.4) is 0 Å². The smallest absolute Gasteiger partial charge is 0.191 e. The Bertz CT molecular complexity index is 806. The molecule has 3 rings (SSSR count). The molecule has 0 aliphatic carbocycles. The summed E-state index contributed by atoms with van der Waals surface area (Å²) in [5, 5.41) is 17.2. The number of likely N-dealkylation sites (tertiary alicyclic amines) is 1. The Hall–Kier alpha value is -2.57. The van der Waals surface area contributed by atoms with Crippen LogP contribution >= 0.6 is 0 Å². The highest BCUT2D eigenvalue weighted by molar-refractivity contribution is 5.79. The Morgan fingerprint density at radius 3 is 2.48 bits per heavy atom. The molecule has 1 fully saturated rings. The van der Waals surface area contributed by atoms with E-state index in [2.05, 4.69) is 39.6 Å². The van der Waals surface area contributed by atoms with E-state index in [-0.39, 0.29) is 6.04 Å². The lowest BCUT2D eigenvalue weighted by Gasteiger charge is -2.30. The van der Waals surface area contributed by atoms with Gasteiger partial charge in [-0.3, -0.25) is 9.89 Å². The minimum absolute atomic E-state index is 0.205. The van der Waals surface area contributed by atoms with Gasteiger partial charge in [-0.15, -0.1) is 0 Å². The van der Waals surface area contributed by atoms with E-state index in [0.717, 1.165) is 43.5 Å². The molecule has 0 saturated carbocycles. The number of aliphatic hydroxyl groups is 1. The van der Waals surface area contributed by atoms with Crippen LogP contribution in [0.5, 0.6) is 5.75 Å². The number of guanidine groups is 1. The normalized spacial score (nSPS) is 16.7. The summed E-state index contributed by atoms with van der Waals surface area (Å²) in [4.78, 5) is 7.15. The topological polar surface area (TPSA) is 69.1 Å². The predicted molar refractivity (Wildman–Crippen MR) is 127 cm³/mol. The van der Waals surface area contributed by atoms with E-state index in [1.165, 1.54) is 18.4 Å². The Kier molecular flexibility index (Phi) is 9.18. The van der Waals surface area contributed by atoms with Crippen LogP contribution in [-0.4, -0.2) is 61.9 Å². The first kappa shape index (κ1) is 23.1. The molecule has 31 heavy (non-hydrogen) atoms. The second kappa shape index (κ2) is 12.3. The maximum atomic E-state index is 10.4. The molecule has 1 aliphatic rings. The van der Waals surface area contributed by atoms with Crippen LogP contribution in [0, 0.1) is 0 Å². The highest BCUT2D eigenvalue weighted by atomic mass is 16.5. The van der Waals surface area contributed by atoms with E-state index in [4.69, 9.17) is 4.74 Å². The highest BCUT2D eigenvalue weighted by Gasteiger charge is 2.26. The molecular formula is C25H36N4O2. The molecule has 0 radical (unpaired) electrons. The van der Waals surface area contributed by atoms with Crippen molar-refractivity contribution in [3.8, 4) is 5.75 Å². The van der Waals surface area contributed by atoms with Gasteiger partial charge in [0.2, 0.25) is 0 Å². The van der Waals surface area contributed by atoms with Gasteiger partial charge in [0, 0.05) is 25.1 Å². The number of methoxy groups -OCH3 is 1. The second-order valence-corrected chi connectivity index (χ2v) is 7.94. The number of benzene rings is 2. The van der Waals surface area contributed by atoms with Gasteiger partial charge < -0.3 is 20.5 Å². The maximum absolute atomic E-state index is 10.4. The quantitative estimate of drug-likeness (QED) is 0.404. The summed E-state index contributed by atoms with van der Waals surface area (Å²) in [5.41, 5.74) is 2.31. The Morgan fingerprint density at radius 1 is 1.06 bits per heavy atom. The number of rotatable bonds is 10. The number of hydrogen-bond donors (Lipinski definition) is 3. The summed E-state index contributed by atoms with van der Waals surface area (Å²) in [6.45, 7) is 6.08. The summed E-state index contributed by atoms with van der Waals surface area (Å²) in [6.07, 6.45) is 2.54. The van der Waals surface area contributed by atoms with Gasteiger partial charge in [0.25, 0.3) is 0 Å². The molecule has 3 N–H and O–H groups in total. The molecule has 6 heteroatoms. The molecule has 0 aromatic heterocycles. The number of aliphatic imine (C=N–C) groups is 1. The van der Waals surface area contributed by atoms with Gasteiger partial charge in [0.15, 0.2) is 5.96 Å². The van der Waals surface area contributed by atoms with Gasteiger partial charge in [-0.1, -0.05) is 48.5 Å². The first-order chi connectivity index (χ1) is 15.2. The van der Waals surface area contributed by atoms with E-state index in [1.807, 2.05) is 42.5 Å². The second-order valence-electron chi connectivity index (χ2n) is 7.94. The van der Waals surface area contributed by atoms with Crippen LogP contribution < -0.4 is 15.4 Å². The van der Waals surface area contributed by atoms with E-state index < -0.39 is 6.10 Å². The minimum Gasteiger partial charge on any atom is -0.496 e. The first-order valence-electron chi connectivity index (χ1n) is 11.3. The first-order valence-corrected chi connectivity index (χ1v) is 11.3. The number of nitrogens with zero attached hydrogens (tertiary/aromatic N) is 2. The number of ether oxygens (including phenoxy) is 1. The Labute approximate surface area is 186 Å². The fourth-order valence-electron chi connectivity index (χ4n) is 4.11. The van der Waals surface area contributed by atoms with Crippen molar-refractivity contribution in [3.05, 3.63) is 65.7 Å². The zero-order valence-electron chi connectivity index (χ0n) is 18.8. The van der Waals surface area contributed by atoms with E-state index in [9.17, 15) is 5.11 Å². The number of aliphatic hydroxyl groups excluding tert-OH is 1. The molecule has 2 atom stereocenters. The number of hydrogen-bond acceptors (Lipinski definition) is 4. The van der Waals surface area contributed by atoms with Crippen LogP contribution in [0.1, 0.15) is 36.9 Å². The summed E-state index contributed by atoms with van der Waals surface area (Å²) < 4.78 is 5.64. The molecule has 0 spiro atoms. The van der Waals surface area contributed by atoms with Crippen molar-refractivity contribution in [2.75, 3.05) is 39.8 Å². The molecule has 1 heterocycles. The monoisotopic (exact) mass is 424 g/mol.